The third-order valence-corrected chi connectivity index (χ3v) is 8.15. The van der Waals surface area contributed by atoms with Crippen LogP contribution in [-0.4, -0.2) is 53.6 Å². The first-order valence-corrected chi connectivity index (χ1v) is 9.76. The molecule has 2 heterocycles. The van der Waals surface area contributed by atoms with Gasteiger partial charge in [-0.2, -0.15) is 13.2 Å². The third kappa shape index (κ3) is 2.40. The zero-order valence-electron chi connectivity index (χ0n) is 16.1. The van der Waals surface area contributed by atoms with Gasteiger partial charge in [-0.15, -0.1) is 0 Å². The maximum Gasteiger partial charge on any atom is 0.392 e. The van der Waals surface area contributed by atoms with E-state index in [9.17, 15) is 18.0 Å². The fourth-order valence-electron chi connectivity index (χ4n) is 6.37. The third-order valence-electron chi connectivity index (χ3n) is 8.15. The van der Waals surface area contributed by atoms with Gasteiger partial charge in [-0.1, -0.05) is 13.0 Å². The number of likely N-dealkylation sites (tertiary alicyclic amines) is 1. The molecule has 4 rings (SSSR count). The molecule has 2 aliphatic carbocycles. The molecule has 0 spiro atoms. The molecule has 4 aliphatic rings. The number of hydrogen-bond donors (Lipinski definition) is 0. The topological polar surface area (TPSA) is 23.6 Å². The molecule has 26 heavy (non-hydrogen) atoms. The van der Waals surface area contributed by atoms with Crippen LogP contribution in [0.15, 0.2) is 11.6 Å². The van der Waals surface area contributed by atoms with E-state index in [1.54, 1.807) is 0 Å². The molecule has 0 bridgehead atoms. The number of hydrogen-bond acceptors (Lipinski definition) is 2. The van der Waals surface area contributed by atoms with Gasteiger partial charge in [0.2, 0.25) is 5.91 Å². The molecule has 0 aromatic rings. The number of carbonyl (C=O) groups is 1. The second-order valence-electron chi connectivity index (χ2n) is 9.33. The minimum Gasteiger partial charge on any atom is -0.342 e. The molecular formula is C20H29F3N2O. The van der Waals surface area contributed by atoms with Crippen LogP contribution < -0.4 is 0 Å². The van der Waals surface area contributed by atoms with Gasteiger partial charge in [-0.25, -0.2) is 0 Å². The van der Waals surface area contributed by atoms with Crippen molar-refractivity contribution in [3.05, 3.63) is 11.6 Å². The summed E-state index contributed by atoms with van der Waals surface area (Å²) in [4.78, 5) is 16.3. The number of likely N-dealkylation sites (N-methyl/N-ethyl adjacent to an activating group) is 1. The molecule has 0 radical (unpaired) electrons. The van der Waals surface area contributed by atoms with Gasteiger partial charge in [-0.3, -0.25) is 9.69 Å². The zero-order chi connectivity index (χ0) is 19.1. The largest absolute Gasteiger partial charge is 0.392 e. The number of nitrogens with zero attached hydrogens (tertiary/aromatic N) is 2. The first kappa shape index (κ1) is 18.3. The first-order chi connectivity index (χ1) is 12.0. The predicted octanol–water partition coefficient (Wildman–Crippen LogP) is 3.99. The summed E-state index contributed by atoms with van der Waals surface area (Å²) in [5, 5.41) is 0. The van der Waals surface area contributed by atoms with Gasteiger partial charge >= 0.3 is 6.18 Å². The lowest BCUT2D eigenvalue weighted by molar-refractivity contribution is -0.154. The summed E-state index contributed by atoms with van der Waals surface area (Å²) >= 11 is 0. The Labute approximate surface area is 153 Å². The van der Waals surface area contributed by atoms with Crippen molar-refractivity contribution >= 4 is 5.91 Å². The van der Waals surface area contributed by atoms with Crippen molar-refractivity contribution in [2.45, 2.75) is 76.2 Å². The average molecular weight is 370 g/mol. The molecule has 0 N–H and O–H groups in total. The number of piperidine rings is 1. The van der Waals surface area contributed by atoms with Gasteiger partial charge in [0.25, 0.3) is 0 Å². The Balaban J connectivity index is 1.64. The Kier molecular flexibility index (Phi) is 3.87. The van der Waals surface area contributed by atoms with Crippen molar-refractivity contribution in [1.29, 1.82) is 0 Å². The summed E-state index contributed by atoms with van der Waals surface area (Å²) in [5.41, 5.74) is 1.08. The summed E-state index contributed by atoms with van der Waals surface area (Å²) in [5.74, 6) is -1.18. The first-order valence-electron chi connectivity index (χ1n) is 9.76. The van der Waals surface area contributed by atoms with E-state index in [1.807, 2.05) is 19.0 Å². The molecule has 6 heteroatoms. The van der Waals surface area contributed by atoms with E-state index in [-0.39, 0.29) is 41.3 Å². The molecular weight excluding hydrogens is 341 g/mol. The SMILES string of the molecule is CN1C(=O)CC[C@]2(C)C3=CCC(C4CC4C(F)(F)F)N(C)[C@]3(C)CC[C@@H]12. The number of fused-ring (bicyclic) bond motifs is 3. The summed E-state index contributed by atoms with van der Waals surface area (Å²) in [6.07, 6.45) is 2.36. The van der Waals surface area contributed by atoms with Crippen LogP contribution in [0.5, 0.6) is 0 Å². The van der Waals surface area contributed by atoms with Crippen molar-refractivity contribution in [1.82, 2.24) is 9.80 Å². The number of alkyl halides is 3. The molecule has 6 atom stereocenters. The molecule has 3 nitrogen and oxygen atoms in total. The van der Waals surface area contributed by atoms with Crippen LogP contribution in [0.4, 0.5) is 13.2 Å². The standard InChI is InChI=1S/C20H29F3N2O/c1-18-9-8-17(26)24(3)16(18)7-10-19(2)15(18)6-5-14(25(19)4)12-11-13(12)20(21,22)23/h6,12-14,16H,5,7-11H2,1-4H3/t12?,13?,14?,16-,18-,19-/m1/s1. The van der Waals surface area contributed by atoms with Crippen molar-refractivity contribution in [2.24, 2.45) is 17.3 Å². The average Bonchev–Trinajstić information content (AvgIpc) is 3.34. The van der Waals surface area contributed by atoms with E-state index >= 15 is 0 Å². The molecule has 2 saturated carbocycles. The highest BCUT2D eigenvalue weighted by molar-refractivity contribution is 5.78. The van der Waals surface area contributed by atoms with Crippen LogP contribution in [0.1, 0.15) is 52.4 Å². The second-order valence-corrected chi connectivity index (χ2v) is 9.33. The van der Waals surface area contributed by atoms with E-state index in [2.05, 4.69) is 24.8 Å². The van der Waals surface area contributed by atoms with Crippen molar-refractivity contribution < 1.29 is 18.0 Å². The van der Waals surface area contributed by atoms with Crippen LogP contribution in [0.25, 0.3) is 0 Å². The van der Waals surface area contributed by atoms with Crippen LogP contribution in [0.2, 0.25) is 0 Å². The highest BCUT2D eigenvalue weighted by atomic mass is 19.4. The van der Waals surface area contributed by atoms with E-state index < -0.39 is 12.1 Å². The van der Waals surface area contributed by atoms with E-state index in [1.165, 1.54) is 5.57 Å². The van der Waals surface area contributed by atoms with Crippen molar-refractivity contribution in [3.63, 3.8) is 0 Å². The second kappa shape index (κ2) is 5.49. The van der Waals surface area contributed by atoms with Crippen LogP contribution >= 0.6 is 0 Å². The van der Waals surface area contributed by atoms with E-state index in [0.29, 0.717) is 12.8 Å². The van der Waals surface area contributed by atoms with Crippen LogP contribution in [0, 0.1) is 17.3 Å². The quantitative estimate of drug-likeness (QED) is 0.652. The van der Waals surface area contributed by atoms with E-state index in [4.69, 9.17) is 0 Å². The molecule has 3 fully saturated rings. The fraction of sp³-hybridized carbons (Fsp3) is 0.850. The number of halogens is 3. The Morgan fingerprint density at radius 2 is 1.88 bits per heavy atom. The Morgan fingerprint density at radius 3 is 2.50 bits per heavy atom. The lowest BCUT2D eigenvalue weighted by atomic mass is 9.55. The molecule has 3 unspecified atom stereocenters. The zero-order valence-corrected chi connectivity index (χ0v) is 16.1. The maximum atomic E-state index is 13.1. The minimum atomic E-state index is -4.06. The number of amides is 1. The minimum absolute atomic E-state index is 0.0292. The van der Waals surface area contributed by atoms with E-state index in [0.717, 1.165) is 19.3 Å². The number of carbonyl (C=O) groups excluding carboxylic acids is 1. The normalized spacial score (nSPS) is 46.5. The van der Waals surface area contributed by atoms with Gasteiger partial charge in [0.05, 0.1) is 5.92 Å². The molecule has 1 amide bonds. The van der Waals surface area contributed by atoms with Gasteiger partial charge in [0, 0.05) is 36.5 Å². The Hall–Kier alpha value is -1.04. The smallest absolute Gasteiger partial charge is 0.342 e. The lowest BCUT2D eigenvalue weighted by Crippen LogP contribution is -2.65. The van der Waals surface area contributed by atoms with Gasteiger partial charge in [0.15, 0.2) is 0 Å². The highest BCUT2D eigenvalue weighted by Gasteiger charge is 2.62. The van der Waals surface area contributed by atoms with Crippen LogP contribution in [0.3, 0.4) is 0 Å². The molecule has 146 valence electrons. The van der Waals surface area contributed by atoms with Gasteiger partial charge < -0.3 is 4.90 Å². The predicted molar refractivity (Wildman–Crippen MR) is 93.4 cm³/mol. The number of rotatable bonds is 1. The van der Waals surface area contributed by atoms with Crippen LogP contribution in [-0.2, 0) is 4.79 Å². The van der Waals surface area contributed by atoms with Crippen molar-refractivity contribution in [2.75, 3.05) is 14.1 Å². The van der Waals surface area contributed by atoms with Gasteiger partial charge in [-0.05, 0) is 57.6 Å². The maximum absolute atomic E-state index is 13.1. The molecule has 0 aromatic heterocycles. The summed E-state index contributed by atoms with van der Waals surface area (Å²) in [7, 11) is 3.92. The molecule has 1 saturated heterocycles. The summed E-state index contributed by atoms with van der Waals surface area (Å²) in [6.45, 7) is 4.46. The Morgan fingerprint density at radius 1 is 1.19 bits per heavy atom. The summed E-state index contributed by atoms with van der Waals surface area (Å²) < 4.78 is 39.3. The lowest BCUT2D eigenvalue weighted by Gasteiger charge is -2.61. The highest BCUT2D eigenvalue weighted by Crippen LogP contribution is 2.60. The van der Waals surface area contributed by atoms with Crippen molar-refractivity contribution in [3.8, 4) is 0 Å². The van der Waals surface area contributed by atoms with Gasteiger partial charge in [0.1, 0.15) is 0 Å². The fourth-order valence-corrected chi connectivity index (χ4v) is 6.37. The summed E-state index contributed by atoms with van der Waals surface area (Å²) in [6, 6.07) is 0.176. The molecule has 0 aromatic carbocycles. The molecule has 2 aliphatic heterocycles. The monoisotopic (exact) mass is 370 g/mol. The Bertz CT molecular complexity index is 660.